The van der Waals surface area contributed by atoms with Crippen LogP contribution in [-0.4, -0.2) is 45.5 Å². The maximum absolute atomic E-state index is 12.6. The van der Waals surface area contributed by atoms with Gasteiger partial charge in [-0.25, -0.2) is 8.42 Å². The summed E-state index contributed by atoms with van der Waals surface area (Å²) in [6.45, 7) is 3.88. The molecule has 0 radical (unpaired) electrons. The molecule has 26 heavy (non-hydrogen) atoms. The molecule has 6 nitrogen and oxygen atoms in total. The van der Waals surface area contributed by atoms with Gasteiger partial charge in [0.2, 0.25) is 0 Å². The summed E-state index contributed by atoms with van der Waals surface area (Å²) in [6.07, 6.45) is 0. The van der Waals surface area contributed by atoms with Crippen LogP contribution in [0.5, 0.6) is 0 Å². The molecule has 0 aliphatic carbocycles. The summed E-state index contributed by atoms with van der Waals surface area (Å²) in [4.78, 5) is 14.2. The lowest BCUT2D eigenvalue weighted by Gasteiger charge is -2.26. The Morgan fingerprint density at radius 2 is 1.77 bits per heavy atom. The van der Waals surface area contributed by atoms with Gasteiger partial charge < -0.3 is 9.64 Å². The van der Waals surface area contributed by atoms with E-state index in [4.69, 9.17) is 16.3 Å². The number of hydrogen-bond acceptors (Lipinski definition) is 4. The van der Waals surface area contributed by atoms with E-state index in [2.05, 4.69) is 4.72 Å². The third-order valence-electron chi connectivity index (χ3n) is 4.14. The highest BCUT2D eigenvalue weighted by atomic mass is 35.5. The second kappa shape index (κ2) is 7.65. The molecule has 3 rings (SSSR count). The topological polar surface area (TPSA) is 75.7 Å². The molecule has 1 aliphatic heterocycles. The lowest BCUT2D eigenvalue weighted by molar-refractivity contribution is 0.0303. The van der Waals surface area contributed by atoms with Gasteiger partial charge in [-0.15, -0.1) is 0 Å². The first-order chi connectivity index (χ1) is 12.4. The molecular weight excluding hydrogens is 376 g/mol. The Hall–Kier alpha value is -2.09. The van der Waals surface area contributed by atoms with Crippen molar-refractivity contribution in [1.29, 1.82) is 0 Å². The third-order valence-corrected chi connectivity index (χ3v) is 5.76. The number of nitrogens with one attached hydrogen (secondary N) is 1. The van der Waals surface area contributed by atoms with E-state index >= 15 is 0 Å². The first-order valence-corrected chi connectivity index (χ1v) is 9.99. The zero-order valence-corrected chi connectivity index (χ0v) is 15.8. The number of hydrogen-bond donors (Lipinski definition) is 1. The summed E-state index contributed by atoms with van der Waals surface area (Å²) in [5.74, 6) is -0.126. The number of nitrogens with zero attached hydrogens (tertiary/aromatic N) is 1. The predicted octanol–water partition coefficient (Wildman–Crippen LogP) is 2.92. The molecule has 0 saturated carbocycles. The Kier molecular flexibility index (Phi) is 5.50. The van der Waals surface area contributed by atoms with Gasteiger partial charge in [0.25, 0.3) is 15.9 Å². The molecule has 1 heterocycles. The van der Waals surface area contributed by atoms with Crippen molar-refractivity contribution < 1.29 is 17.9 Å². The fourth-order valence-electron chi connectivity index (χ4n) is 2.67. The summed E-state index contributed by atoms with van der Waals surface area (Å²) in [5, 5.41) is 0.538. The minimum atomic E-state index is -3.75. The Morgan fingerprint density at radius 1 is 1.12 bits per heavy atom. The lowest BCUT2D eigenvalue weighted by Crippen LogP contribution is -2.40. The van der Waals surface area contributed by atoms with Crippen molar-refractivity contribution in [2.24, 2.45) is 0 Å². The zero-order valence-electron chi connectivity index (χ0n) is 14.2. The average molecular weight is 395 g/mol. The van der Waals surface area contributed by atoms with Crippen LogP contribution < -0.4 is 4.72 Å². The number of halogens is 1. The summed E-state index contributed by atoms with van der Waals surface area (Å²) in [5.41, 5.74) is 1.64. The van der Waals surface area contributed by atoms with Crippen molar-refractivity contribution in [3.05, 3.63) is 58.6 Å². The Labute approximate surface area is 157 Å². The fraction of sp³-hybridized carbons (Fsp3) is 0.278. The number of aryl methyl sites for hydroxylation is 1. The highest BCUT2D eigenvalue weighted by Crippen LogP contribution is 2.23. The number of rotatable bonds is 4. The average Bonchev–Trinajstić information content (AvgIpc) is 2.64. The van der Waals surface area contributed by atoms with Crippen LogP contribution in [0.2, 0.25) is 5.02 Å². The minimum Gasteiger partial charge on any atom is -0.378 e. The van der Waals surface area contributed by atoms with Crippen LogP contribution in [-0.2, 0) is 14.8 Å². The Bertz CT molecular complexity index is 907. The second-order valence-electron chi connectivity index (χ2n) is 5.99. The minimum absolute atomic E-state index is 0.0883. The first-order valence-electron chi connectivity index (χ1n) is 8.13. The molecule has 1 amide bonds. The van der Waals surface area contributed by atoms with Gasteiger partial charge in [-0.05, 0) is 55.0 Å². The smallest absolute Gasteiger partial charge is 0.261 e. The summed E-state index contributed by atoms with van der Waals surface area (Å²) in [6, 6.07) is 10.8. The molecular formula is C18H19ClN2O4S. The van der Waals surface area contributed by atoms with Crippen LogP contribution in [0.15, 0.2) is 47.4 Å². The molecule has 8 heteroatoms. The van der Waals surface area contributed by atoms with E-state index in [1.54, 1.807) is 30.0 Å². The zero-order chi connectivity index (χ0) is 18.7. The van der Waals surface area contributed by atoms with Crippen LogP contribution in [0, 0.1) is 6.92 Å². The van der Waals surface area contributed by atoms with Crippen molar-refractivity contribution in [2.75, 3.05) is 31.0 Å². The van der Waals surface area contributed by atoms with E-state index < -0.39 is 10.0 Å². The molecule has 0 atom stereocenters. The first kappa shape index (κ1) is 18.7. The number of amides is 1. The van der Waals surface area contributed by atoms with Gasteiger partial charge in [-0.1, -0.05) is 11.6 Å². The summed E-state index contributed by atoms with van der Waals surface area (Å²) >= 11 is 5.90. The van der Waals surface area contributed by atoms with Crippen LogP contribution in [0.1, 0.15) is 15.9 Å². The summed E-state index contributed by atoms with van der Waals surface area (Å²) < 4.78 is 32.9. The van der Waals surface area contributed by atoms with Crippen molar-refractivity contribution in [3.63, 3.8) is 0 Å². The number of ether oxygens (including phenoxy) is 1. The molecule has 138 valence electrons. The van der Waals surface area contributed by atoms with Crippen LogP contribution in [0.3, 0.4) is 0 Å². The van der Waals surface area contributed by atoms with Crippen LogP contribution in [0.4, 0.5) is 5.69 Å². The second-order valence-corrected chi connectivity index (χ2v) is 8.11. The van der Waals surface area contributed by atoms with E-state index in [0.717, 1.165) is 5.56 Å². The van der Waals surface area contributed by atoms with Gasteiger partial charge in [0.15, 0.2) is 0 Å². The molecule has 0 bridgehead atoms. The van der Waals surface area contributed by atoms with Gasteiger partial charge in [-0.3, -0.25) is 9.52 Å². The number of carbonyl (C=O) groups excluding carboxylic acids is 1. The van der Waals surface area contributed by atoms with Crippen molar-refractivity contribution in [2.45, 2.75) is 11.8 Å². The van der Waals surface area contributed by atoms with Crippen LogP contribution >= 0.6 is 11.6 Å². The molecule has 0 spiro atoms. The van der Waals surface area contributed by atoms with Gasteiger partial charge in [0.05, 0.1) is 23.8 Å². The van der Waals surface area contributed by atoms with Crippen molar-refractivity contribution in [1.82, 2.24) is 4.90 Å². The quantitative estimate of drug-likeness (QED) is 0.865. The molecule has 1 fully saturated rings. The molecule has 0 unspecified atom stereocenters. The standard InChI is InChI=1S/C18H19ClN2O4S/c1-13-12-15(19)4-7-17(13)20-26(23,24)16-5-2-14(3-6-16)18(22)21-8-10-25-11-9-21/h2-7,12,20H,8-11H2,1H3. The largest absolute Gasteiger partial charge is 0.378 e. The Morgan fingerprint density at radius 3 is 2.38 bits per heavy atom. The van der Waals surface area contributed by atoms with E-state index in [1.165, 1.54) is 24.3 Å². The van der Waals surface area contributed by atoms with Gasteiger partial charge in [0.1, 0.15) is 0 Å². The van der Waals surface area contributed by atoms with Crippen molar-refractivity contribution in [3.8, 4) is 0 Å². The van der Waals surface area contributed by atoms with Crippen molar-refractivity contribution >= 4 is 33.2 Å². The number of sulfonamides is 1. The van der Waals surface area contributed by atoms with Gasteiger partial charge in [0, 0.05) is 23.7 Å². The van der Waals surface area contributed by atoms with E-state index in [1.807, 2.05) is 0 Å². The third kappa shape index (κ3) is 4.17. The van der Waals surface area contributed by atoms with Gasteiger partial charge in [-0.2, -0.15) is 0 Å². The molecule has 1 N–H and O–H groups in total. The Balaban J connectivity index is 1.77. The highest BCUT2D eigenvalue weighted by Gasteiger charge is 2.20. The number of anilines is 1. The molecule has 0 aromatic heterocycles. The van der Waals surface area contributed by atoms with Gasteiger partial charge >= 0.3 is 0 Å². The molecule has 2 aromatic carbocycles. The number of morpholine rings is 1. The summed E-state index contributed by atoms with van der Waals surface area (Å²) in [7, 11) is -3.75. The molecule has 2 aromatic rings. The van der Waals surface area contributed by atoms with E-state index in [-0.39, 0.29) is 10.8 Å². The van der Waals surface area contributed by atoms with Crippen LogP contribution in [0.25, 0.3) is 0 Å². The number of benzene rings is 2. The normalized spacial score (nSPS) is 14.9. The predicted molar refractivity (Wildman–Crippen MR) is 100 cm³/mol. The maximum atomic E-state index is 12.6. The van der Waals surface area contributed by atoms with E-state index in [0.29, 0.717) is 42.6 Å². The highest BCUT2D eigenvalue weighted by molar-refractivity contribution is 7.92. The number of carbonyl (C=O) groups is 1. The monoisotopic (exact) mass is 394 g/mol. The van der Waals surface area contributed by atoms with E-state index in [9.17, 15) is 13.2 Å². The molecule has 1 aliphatic rings. The fourth-order valence-corrected chi connectivity index (χ4v) is 4.03. The molecule has 1 saturated heterocycles. The maximum Gasteiger partial charge on any atom is 0.261 e. The lowest BCUT2D eigenvalue weighted by atomic mass is 10.2. The SMILES string of the molecule is Cc1cc(Cl)ccc1NS(=O)(=O)c1ccc(C(=O)N2CCOCC2)cc1.